The van der Waals surface area contributed by atoms with Crippen LogP contribution in [0, 0.1) is 5.92 Å². The monoisotopic (exact) mass is 182 g/mol. The van der Waals surface area contributed by atoms with E-state index in [-0.39, 0.29) is 11.9 Å². The van der Waals surface area contributed by atoms with Gasteiger partial charge in [0.25, 0.3) is 0 Å². The molecule has 1 heterocycles. The number of likely N-dealkylation sites (tertiary alicyclic amines) is 1. The zero-order valence-corrected chi connectivity index (χ0v) is 8.25. The maximum absolute atomic E-state index is 11.6. The third kappa shape index (κ3) is 2.21. The van der Waals surface area contributed by atoms with E-state index >= 15 is 0 Å². The van der Waals surface area contributed by atoms with Crippen molar-refractivity contribution < 1.29 is 4.79 Å². The molecule has 2 aliphatic rings. The predicted molar refractivity (Wildman–Crippen MR) is 51.4 cm³/mol. The molecule has 1 saturated heterocycles. The van der Waals surface area contributed by atoms with Crippen molar-refractivity contribution in [3.63, 3.8) is 0 Å². The summed E-state index contributed by atoms with van der Waals surface area (Å²) >= 11 is 0. The van der Waals surface area contributed by atoms with E-state index in [0.717, 1.165) is 31.8 Å². The molecule has 0 aromatic carbocycles. The third-order valence-electron chi connectivity index (χ3n) is 3.01. The number of carbonyl (C=O) groups excluding carboxylic acids is 1. The van der Waals surface area contributed by atoms with Gasteiger partial charge in [0.2, 0.25) is 5.91 Å². The normalized spacial score (nSPS) is 29.5. The first-order chi connectivity index (χ1) is 6.27. The number of hydrogen-bond acceptors (Lipinski definition) is 2. The molecule has 0 aromatic rings. The van der Waals surface area contributed by atoms with Gasteiger partial charge < -0.3 is 10.2 Å². The molecule has 0 spiro atoms. The van der Waals surface area contributed by atoms with Crippen LogP contribution in [-0.2, 0) is 4.79 Å². The number of piperidine rings is 1. The van der Waals surface area contributed by atoms with Gasteiger partial charge in [-0.05, 0) is 38.1 Å². The van der Waals surface area contributed by atoms with Crippen LogP contribution in [0.25, 0.3) is 0 Å². The number of amides is 1. The molecule has 13 heavy (non-hydrogen) atoms. The Balaban J connectivity index is 1.78. The summed E-state index contributed by atoms with van der Waals surface area (Å²) in [5, 5.41) is 3.37. The van der Waals surface area contributed by atoms with Gasteiger partial charge in [0.1, 0.15) is 0 Å². The Labute approximate surface area is 79.5 Å². The van der Waals surface area contributed by atoms with Gasteiger partial charge in [-0.25, -0.2) is 0 Å². The minimum atomic E-state index is 0.111. The van der Waals surface area contributed by atoms with E-state index in [4.69, 9.17) is 0 Å². The average Bonchev–Trinajstić information content (AvgIpc) is 2.91. The van der Waals surface area contributed by atoms with Gasteiger partial charge in [-0.1, -0.05) is 0 Å². The molecule has 1 N–H and O–H groups in total. The van der Waals surface area contributed by atoms with Crippen LogP contribution in [0.4, 0.5) is 0 Å². The highest BCUT2D eigenvalue weighted by Crippen LogP contribution is 2.28. The fourth-order valence-corrected chi connectivity index (χ4v) is 1.85. The molecule has 0 radical (unpaired) electrons. The molecular weight excluding hydrogens is 164 g/mol. The van der Waals surface area contributed by atoms with Crippen LogP contribution in [-0.4, -0.2) is 37.0 Å². The molecule has 1 saturated carbocycles. The van der Waals surface area contributed by atoms with E-state index < -0.39 is 0 Å². The fraction of sp³-hybridized carbons (Fsp3) is 0.900. The Bertz CT molecular complexity index is 201. The lowest BCUT2D eigenvalue weighted by molar-refractivity contribution is -0.134. The second-order valence-electron chi connectivity index (χ2n) is 4.31. The maximum Gasteiger partial charge on any atom is 0.239 e. The lowest BCUT2D eigenvalue weighted by Crippen LogP contribution is -2.49. The van der Waals surface area contributed by atoms with Crippen LogP contribution >= 0.6 is 0 Å². The summed E-state index contributed by atoms with van der Waals surface area (Å²) in [5.41, 5.74) is 0. The molecule has 0 bridgehead atoms. The Kier molecular flexibility index (Phi) is 2.54. The number of nitrogens with one attached hydrogen (secondary N) is 1. The zero-order valence-electron chi connectivity index (χ0n) is 8.25. The Morgan fingerprint density at radius 2 is 2.23 bits per heavy atom. The van der Waals surface area contributed by atoms with Gasteiger partial charge in [-0.15, -0.1) is 0 Å². The standard InChI is InChI=1S/C10H18N2O/c1-12-6-2-3-9(10(12)13)11-7-8-4-5-8/h8-9,11H,2-7H2,1H3. The first-order valence-electron chi connectivity index (χ1n) is 5.26. The number of nitrogens with zero attached hydrogens (tertiary/aromatic N) is 1. The summed E-state index contributed by atoms with van der Waals surface area (Å²) in [4.78, 5) is 13.5. The molecular formula is C10H18N2O. The lowest BCUT2D eigenvalue weighted by atomic mass is 10.1. The highest BCUT2D eigenvalue weighted by Gasteiger charge is 2.28. The van der Waals surface area contributed by atoms with Crippen LogP contribution in [0.15, 0.2) is 0 Å². The van der Waals surface area contributed by atoms with Gasteiger partial charge in [0.15, 0.2) is 0 Å². The molecule has 1 unspecified atom stereocenters. The van der Waals surface area contributed by atoms with Gasteiger partial charge in [0, 0.05) is 13.6 Å². The lowest BCUT2D eigenvalue weighted by Gasteiger charge is -2.29. The predicted octanol–water partition coefficient (Wildman–Crippen LogP) is 0.607. The van der Waals surface area contributed by atoms with E-state index in [1.54, 1.807) is 0 Å². The summed E-state index contributed by atoms with van der Waals surface area (Å²) in [5.74, 6) is 1.15. The molecule has 2 fully saturated rings. The SMILES string of the molecule is CN1CCCC(NCC2CC2)C1=O. The van der Waals surface area contributed by atoms with Crippen LogP contribution in [0.3, 0.4) is 0 Å². The number of likely N-dealkylation sites (N-methyl/N-ethyl adjacent to an activating group) is 1. The van der Waals surface area contributed by atoms with Crippen molar-refractivity contribution >= 4 is 5.91 Å². The average molecular weight is 182 g/mol. The van der Waals surface area contributed by atoms with Crippen molar-refractivity contribution in [2.75, 3.05) is 20.1 Å². The highest BCUT2D eigenvalue weighted by molar-refractivity contribution is 5.82. The van der Waals surface area contributed by atoms with Crippen LogP contribution in [0.1, 0.15) is 25.7 Å². The van der Waals surface area contributed by atoms with Gasteiger partial charge in [-0.2, -0.15) is 0 Å². The summed E-state index contributed by atoms with van der Waals surface area (Å²) in [6, 6.07) is 0.111. The minimum Gasteiger partial charge on any atom is -0.344 e. The summed E-state index contributed by atoms with van der Waals surface area (Å²) in [7, 11) is 1.90. The number of rotatable bonds is 3. The molecule has 74 valence electrons. The van der Waals surface area contributed by atoms with E-state index in [1.807, 2.05) is 11.9 Å². The second-order valence-corrected chi connectivity index (χ2v) is 4.31. The first kappa shape index (κ1) is 9.00. The quantitative estimate of drug-likeness (QED) is 0.693. The molecule has 3 nitrogen and oxygen atoms in total. The fourth-order valence-electron chi connectivity index (χ4n) is 1.85. The zero-order chi connectivity index (χ0) is 9.26. The topological polar surface area (TPSA) is 32.3 Å². The summed E-state index contributed by atoms with van der Waals surface area (Å²) < 4.78 is 0. The highest BCUT2D eigenvalue weighted by atomic mass is 16.2. The molecule has 1 aliphatic carbocycles. The Morgan fingerprint density at radius 1 is 1.46 bits per heavy atom. The number of hydrogen-bond donors (Lipinski definition) is 1. The van der Waals surface area contributed by atoms with Crippen molar-refractivity contribution in [3.05, 3.63) is 0 Å². The molecule has 1 amide bonds. The van der Waals surface area contributed by atoms with E-state index in [2.05, 4.69) is 5.32 Å². The minimum absolute atomic E-state index is 0.111. The van der Waals surface area contributed by atoms with E-state index in [0.29, 0.717) is 0 Å². The van der Waals surface area contributed by atoms with Crippen LogP contribution in [0.2, 0.25) is 0 Å². The second kappa shape index (κ2) is 3.66. The first-order valence-corrected chi connectivity index (χ1v) is 5.26. The van der Waals surface area contributed by atoms with Crippen LogP contribution in [0.5, 0.6) is 0 Å². The number of carbonyl (C=O) groups is 1. The molecule has 1 aliphatic heterocycles. The smallest absolute Gasteiger partial charge is 0.239 e. The van der Waals surface area contributed by atoms with Gasteiger partial charge in [-0.3, -0.25) is 4.79 Å². The third-order valence-corrected chi connectivity index (χ3v) is 3.01. The van der Waals surface area contributed by atoms with Gasteiger partial charge >= 0.3 is 0 Å². The molecule has 3 heteroatoms. The van der Waals surface area contributed by atoms with Crippen LogP contribution < -0.4 is 5.32 Å². The molecule has 1 atom stereocenters. The van der Waals surface area contributed by atoms with Crippen molar-refractivity contribution in [1.82, 2.24) is 10.2 Å². The van der Waals surface area contributed by atoms with Crippen molar-refractivity contribution in [2.45, 2.75) is 31.7 Å². The molecule has 2 rings (SSSR count). The Hall–Kier alpha value is -0.570. The van der Waals surface area contributed by atoms with E-state index in [9.17, 15) is 4.79 Å². The maximum atomic E-state index is 11.6. The Morgan fingerprint density at radius 3 is 2.92 bits per heavy atom. The van der Waals surface area contributed by atoms with Crippen molar-refractivity contribution in [2.24, 2.45) is 5.92 Å². The largest absolute Gasteiger partial charge is 0.344 e. The molecule has 0 aromatic heterocycles. The summed E-state index contributed by atoms with van der Waals surface area (Å²) in [6.07, 6.45) is 4.87. The van der Waals surface area contributed by atoms with Crippen molar-refractivity contribution in [3.8, 4) is 0 Å². The van der Waals surface area contributed by atoms with E-state index in [1.165, 1.54) is 12.8 Å². The summed E-state index contributed by atoms with van der Waals surface area (Å²) in [6.45, 7) is 1.98. The van der Waals surface area contributed by atoms with Crippen molar-refractivity contribution in [1.29, 1.82) is 0 Å². The van der Waals surface area contributed by atoms with Gasteiger partial charge in [0.05, 0.1) is 6.04 Å².